The van der Waals surface area contributed by atoms with E-state index in [-0.39, 0.29) is 81.3 Å². The van der Waals surface area contributed by atoms with E-state index < -0.39 is 41.3 Å². The van der Waals surface area contributed by atoms with Crippen molar-refractivity contribution in [2.24, 2.45) is 0 Å². The highest BCUT2D eigenvalue weighted by Crippen LogP contribution is 2.37. The average molecular weight is 1400 g/mol. The Morgan fingerprint density at radius 2 is 1.07 bits per heavy atom. The fourth-order valence-electron chi connectivity index (χ4n) is 11.1. The number of aliphatic carboxylic acids is 1. The zero-order valence-corrected chi connectivity index (χ0v) is 57.8. The van der Waals surface area contributed by atoms with Crippen molar-refractivity contribution in [1.29, 1.82) is 0 Å². The second kappa shape index (κ2) is 35.1. The largest absolute Gasteiger partial charge is 0.481 e. The third kappa shape index (κ3) is 23.9. The van der Waals surface area contributed by atoms with Crippen molar-refractivity contribution in [3.63, 3.8) is 0 Å². The Labute approximate surface area is 571 Å². The minimum atomic E-state index is -0.976. The van der Waals surface area contributed by atoms with Gasteiger partial charge in [0.25, 0.3) is 0 Å². The summed E-state index contributed by atoms with van der Waals surface area (Å²) < 4.78 is 20.9. The van der Waals surface area contributed by atoms with Crippen LogP contribution in [0.3, 0.4) is 0 Å². The van der Waals surface area contributed by atoms with Crippen molar-refractivity contribution in [3.8, 4) is 0 Å². The Kier molecular flexibility index (Phi) is 29.3. The lowest BCUT2D eigenvalue weighted by Crippen LogP contribution is -2.63. The molecule has 0 radical (unpaired) electrons. The van der Waals surface area contributed by atoms with Crippen LogP contribution in [0.15, 0.2) is 66.7 Å². The topological polar surface area (TPSA) is 230 Å². The van der Waals surface area contributed by atoms with Crippen molar-refractivity contribution in [1.82, 2.24) is 34.8 Å². The van der Waals surface area contributed by atoms with E-state index >= 15 is 0 Å². The van der Waals surface area contributed by atoms with Crippen LogP contribution in [0.4, 0.5) is 15.4 Å². The highest BCUT2D eigenvalue weighted by molar-refractivity contribution is 6.35. The molecule has 3 fully saturated rings. The zero-order valence-electron chi connectivity index (χ0n) is 53.2. The molecule has 92 heavy (non-hydrogen) atoms. The predicted molar refractivity (Wildman–Crippen MR) is 360 cm³/mol. The first kappa shape index (κ1) is 76.9. The number of ether oxygens (including phenoxy) is 4. The number of anilines is 1. The number of pyridine rings is 1. The quantitative estimate of drug-likeness (QED) is 0.0520. The van der Waals surface area contributed by atoms with Gasteiger partial charge in [-0.3, -0.25) is 28.9 Å². The van der Waals surface area contributed by atoms with Crippen LogP contribution in [-0.4, -0.2) is 171 Å². The normalized spacial score (nSPS) is 15.8. The number of hydrogen-bond donors (Lipinski definition) is 3. The van der Waals surface area contributed by atoms with Crippen molar-refractivity contribution in [2.45, 2.75) is 169 Å². The van der Waals surface area contributed by atoms with Gasteiger partial charge < -0.3 is 54.3 Å². The smallest absolute Gasteiger partial charge is 0.410 e. The summed E-state index contributed by atoms with van der Waals surface area (Å²) in [4.78, 5) is 98.9. The van der Waals surface area contributed by atoms with Gasteiger partial charge >= 0.3 is 30.1 Å². The molecule has 506 valence electrons. The molecule has 0 bridgehead atoms. The fourth-order valence-corrected chi connectivity index (χ4v) is 12.7. The third-order valence-corrected chi connectivity index (χ3v) is 16.3. The van der Waals surface area contributed by atoms with E-state index in [1.165, 1.54) is 24.3 Å². The third-order valence-electron chi connectivity index (χ3n) is 15.0. The second-order valence-electron chi connectivity index (χ2n) is 24.8. The van der Waals surface area contributed by atoms with Gasteiger partial charge in [-0.25, -0.2) is 14.6 Å². The molecule has 1 aromatic heterocycles. The van der Waals surface area contributed by atoms with Gasteiger partial charge in [-0.05, 0) is 171 Å². The van der Waals surface area contributed by atoms with Crippen LogP contribution in [0.5, 0.6) is 0 Å². The number of hydrogen-bond acceptors (Lipinski definition) is 15. The Morgan fingerprint density at radius 3 is 1.51 bits per heavy atom. The van der Waals surface area contributed by atoms with Gasteiger partial charge in [0.05, 0.1) is 56.6 Å². The lowest BCUT2D eigenvalue weighted by Gasteiger charge is -2.48. The van der Waals surface area contributed by atoms with Gasteiger partial charge in [-0.2, -0.15) is 0 Å². The molecule has 4 amide bonds. The van der Waals surface area contributed by atoms with Gasteiger partial charge in [0.1, 0.15) is 17.0 Å². The predicted octanol–water partition coefficient (Wildman–Crippen LogP) is 13.7. The number of esters is 2. The van der Waals surface area contributed by atoms with Crippen LogP contribution in [0.25, 0.3) is 0 Å². The number of carbonyl (C=O) groups is 7. The molecular formula is C66H88Cl6N8O12. The number of carboxylic acid groups (broad SMARTS) is 1. The molecule has 3 aromatic carbocycles. The number of nitrogens with zero attached hydrogens (tertiary/aromatic N) is 6. The first-order valence-electron chi connectivity index (χ1n) is 30.4. The van der Waals surface area contributed by atoms with Crippen LogP contribution in [-0.2, 0) is 55.8 Å². The minimum absolute atomic E-state index is 0. The first-order valence-corrected chi connectivity index (χ1v) is 32.7. The number of rotatable bonds is 21. The van der Waals surface area contributed by atoms with Crippen molar-refractivity contribution in [2.75, 3.05) is 70.9 Å². The van der Waals surface area contributed by atoms with E-state index in [0.717, 1.165) is 55.8 Å². The number of nitrogens with one attached hydrogen (secondary N) is 2. The highest BCUT2D eigenvalue weighted by Gasteiger charge is 2.43. The first-order chi connectivity index (χ1) is 42.8. The molecule has 3 saturated heterocycles. The molecule has 0 saturated carbocycles. The Bertz CT molecular complexity index is 3140. The molecule has 5 heterocycles. The number of fused-ring (bicyclic) bond motifs is 1. The number of aryl methyl sites for hydroxylation is 2. The van der Waals surface area contributed by atoms with Gasteiger partial charge in [-0.1, -0.05) is 83.1 Å². The molecule has 4 aliphatic heterocycles. The molecule has 26 heteroatoms. The van der Waals surface area contributed by atoms with E-state index in [2.05, 4.69) is 27.7 Å². The van der Waals surface area contributed by atoms with E-state index in [0.29, 0.717) is 87.1 Å². The summed E-state index contributed by atoms with van der Waals surface area (Å²) in [5, 5.41) is 18.9. The Hall–Kier alpha value is -5.84. The number of carboxylic acids is 1. The molecule has 0 aliphatic carbocycles. The Morgan fingerprint density at radius 1 is 0.630 bits per heavy atom. The van der Waals surface area contributed by atoms with E-state index in [4.69, 9.17) is 93.5 Å². The summed E-state index contributed by atoms with van der Waals surface area (Å²) in [5.41, 5.74) is 3.33. The highest BCUT2D eigenvalue weighted by atomic mass is 35.5. The van der Waals surface area contributed by atoms with Crippen molar-refractivity contribution >= 4 is 117 Å². The fraction of sp³-hybridized carbons (Fsp3) is 0.545. The van der Waals surface area contributed by atoms with Crippen LogP contribution in [0.1, 0.15) is 155 Å². The average Bonchev–Trinajstić information content (AvgIpc) is 0.801. The molecule has 20 nitrogen and oxygen atoms in total. The number of aromatic nitrogens is 1. The van der Waals surface area contributed by atoms with Crippen molar-refractivity contribution < 1.29 is 57.6 Å². The summed E-state index contributed by atoms with van der Waals surface area (Å²) in [5.74, 6) is -1.08. The number of benzene rings is 3. The molecular weight excluding hydrogens is 1310 g/mol. The maximum atomic E-state index is 12.6. The second-order valence-corrected chi connectivity index (χ2v) is 27.4. The minimum Gasteiger partial charge on any atom is -0.481 e. The number of amides is 4. The number of carbonyl (C=O) groups excluding carboxylic acids is 6. The molecule has 4 aliphatic rings. The van der Waals surface area contributed by atoms with Gasteiger partial charge in [-0.15, -0.1) is 0 Å². The van der Waals surface area contributed by atoms with E-state index in [1.807, 2.05) is 20.8 Å². The maximum Gasteiger partial charge on any atom is 0.410 e. The summed E-state index contributed by atoms with van der Waals surface area (Å²) >= 11 is 36.8. The number of likely N-dealkylation sites (tertiary alicyclic amines) is 3. The van der Waals surface area contributed by atoms with Gasteiger partial charge in [0.2, 0.25) is 11.8 Å². The standard InChI is InChI=1S/C25H30Cl2N4O3.C21H28Cl2N2O5.C19H26Cl2N2O4.CH4/c1-16(32)31(23(13-24(33)34)18-10-19(26)12-20(27)11-18)22-14-30(15-22)9-3-5-21-7-6-17-4-2-8-28-25(17)29-21;1-6-29-19(27)10-18(14-7-15(22)9-16(23)8-14)25(13(2)26)17-11-24(12-17)20(28)30-21(3,4)5;1-5-26-17(24)9-16(12-6-13(20)8-14(21)7-12)22-15-10-23(11-15)18(25)27-19(2,3)4;/h6-7,10-12,22-23H,2-5,8-9,13-15H2,1H3,(H,28,29)(H,33,34);7-9,17-18H,6,10-12H2,1-5H3;6-8,15-16,22H,5,9-11H2,1-4H3;1H4/t23-;18-;16-;/m000./s1. The van der Waals surface area contributed by atoms with Gasteiger partial charge in [0.15, 0.2) is 0 Å². The molecule has 3 N–H and O–H groups in total. The molecule has 4 aromatic rings. The molecule has 8 rings (SSSR count). The van der Waals surface area contributed by atoms with Crippen molar-refractivity contribution in [3.05, 3.63) is 125 Å². The lowest BCUT2D eigenvalue weighted by atomic mass is 9.96. The summed E-state index contributed by atoms with van der Waals surface area (Å²) in [6.45, 7) is 22.8. The van der Waals surface area contributed by atoms with Crippen LogP contribution >= 0.6 is 69.6 Å². The van der Waals surface area contributed by atoms with E-state index in [1.54, 1.807) is 104 Å². The summed E-state index contributed by atoms with van der Waals surface area (Å²) in [7, 11) is 0. The SMILES string of the molecule is C.CC(=O)N(C1CN(CCCc2ccc3c(n2)NCCC3)C1)[C@@H](CC(=O)O)c1cc(Cl)cc(Cl)c1.CCOC(=O)C[C@@H](c1cc(Cl)cc(Cl)c1)N(C(C)=O)C1CN(C(=O)OC(C)(C)C)C1.CCOC(=O)C[C@H](NC1CN(C(=O)OC(C)(C)C)C1)c1cc(Cl)cc(Cl)c1. The molecule has 3 atom stereocenters. The molecule has 0 spiro atoms. The van der Waals surface area contributed by atoms with Crippen LogP contribution in [0.2, 0.25) is 30.1 Å². The van der Waals surface area contributed by atoms with Crippen LogP contribution < -0.4 is 10.6 Å². The van der Waals surface area contributed by atoms with Gasteiger partial charge in [0, 0.05) is 108 Å². The summed E-state index contributed by atoms with van der Waals surface area (Å²) in [6.07, 6.45) is 3.23. The monoisotopic (exact) mass is 1390 g/mol. The Balaban J connectivity index is 0.000000251. The maximum absolute atomic E-state index is 12.6. The van der Waals surface area contributed by atoms with E-state index in [9.17, 15) is 38.7 Å². The summed E-state index contributed by atoms with van der Waals surface area (Å²) in [6, 6.07) is 17.6. The van der Waals surface area contributed by atoms with Crippen LogP contribution in [0, 0.1) is 0 Å². The lowest BCUT2D eigenvalue weighted by molar-refractivity contribution is -0.149. The zero-order chi connectivity index (χ0) is 67.1. The molecule has 0 unspecified atom stereocenters. The number of halogens is 6.